The number of ether oxygens (including phenoxy) is 1. The molecule has 0 bridgehead atoms. The molecular formula is C70H123N9O16. The Kier molecular flexibility index (Phi) is 35.7. The van der Waals surface area contributed by atoms with E-state index in [0.717, 1.165) is 14.7 Å². The maximum Gasteiger partial charge on any atom is 0.294 e. The lowest BCUT2D eigenvalue weighted by molar-refractivity contribution is -0.160. The minimum Gasteiger partial charge on any atom is -0.444 e. The number of nitrogens with zero attached hydrogens (tertiary/aromatic N) is 8. The van der Waals surface area contributed by atoms with Gasteiger partial charge in [-0.1, -0.05) is 104 Å². The van der Waals surface area contributed by atoms with Crippen molar-refractivity contribution in [2.75, 3.05) is 55.9 Å². The number of rotatable bonds is 20. The summed E-state index contributed by atoms with van der Waals surface area (Å²) in [6.07, 6.45) is -5.08. The molecular weight excluding hydrogens is 1220 g/mol. The van der Waals surface area contributed by atoms with Crippen molar-refractivity contribution in [2.45, 2.75) is 256 Å². The number of amides is 9. The molecule has 15 atom stereocenters. The van der Waals surface area contributed by atoms with E-state index in [-0.39, 0.29) is 81.5 Å². The van der Waals surface area contributed by atoms with Crippen LogP contribution < -0.4 is 5.32 Å². The number of likely N-dealkylation sites (N-methyl/N-ethyl adjacent to an activating group) is 7. The first-order valence-electron chi connectivity index (χ1n) is 34.2. The number of carbonyl (C=O) groups excluding carboxylic acids is 13. The standard InChI is InChI=1S/C70H123N9O16/c1-27-50-34-59(85)62(63(87)44(14)32-56(82)47(17)79(48(18)81)49(19)95-37-80)78(26)70(94)61(43(12)13)77(25)69(93)55(31-41(8)9)76(24)68(92)54(30-40(6)7)75(23)65(89)46(16)71-64(88)45(15)33-57(83)53(29-39(4)5)74(22)67(91)51(42(10)11)35-58(84)52(28-38(2)3)73(21)60(86)36-72(20)66(50)90/h37-47,49-56,61-63,82,87H,27-36H2,1-26H3,(H,71,88)/t44-,45-,46-,47?,49?,50-,51+,52+,53+,54+,55+,56?,61+,62-,63-/m1/s1. The molecule has 1 saturated heterocycles. The summed E-state index contributed by atoms with van der Waals surface area (Å²) in [4.78, 5) is 196. The van der Waals surface area contributed by atoms with Crippen LogP contribution in [0, 0.1) is 59.2 Å². The van der Waals surface area contributed by atoms with Crippen LogP contribution in [0.3, 0.4) is 0 Å². The number of nitrogens with one attached hydrogen (secondary N) is 1. The molecule has 25 nitrogen and oxygen atoms in total. The highest BCUT2D eigenvalue weighted by Gasteiger charge is 2.46. The second-order valence-corrected chi connectivity index (χ2v) is 29.5. The van der Waals surface area contributed by atoms with Crippen molar-refractivity contribution >= 4 is 77.0 Å². The Hall–Kier alpha value is -6.37. The van der Waals surface area contributed by atoms with Gasteiger partial charge in [-0.3, -0.25) is 62.3 Å². The van der Waals surface area contributed by atoms with Gasteiger partial charge >= 0.3 is 0 Å². The Bertz CT molecular complexity index is 2630. The molecule has 0 aromatic rings. The first kappa shape index (κ1) is 86.6. The van der Waals surface area contributed by atoms with Gasteiger partial charge in [-0.05, 0) is 101 Å². The Labute approximate surface area is 567 Å². The van der Waals surface area contributed by atoms with Crippen molar-refractivity contribution in [3.63, 3.8) is 0 Å². The van der Waals surface area contributed by atoms with Gasteiger partial charge < -0.3 is 59.5 Å². The normalized spacial score (nSPS) is 26.4. The molecule has 95 heavy (non-hydrogen) atoms. The molecule has 0 spiro atoms. The molecule has 544 valence electrons. The van der Waals surface area contributed by atoms with Gasteiger partial charge in [-0.25, -0.2) is 0 Å². The molecule has 0 aromatic carbocycles. The van der Waals surface area contributed by atoms with Crippen LogP contribution >= 0.6 is 0 Å². The topological polar surface area (TPSA) is 310 Å². The van der Waals surface area contributed by atoms with E-state index >= 15 is 19.2 Å². The van der Waals surface area contributed by atoms with Crippen molar-refractivity contribution in [3.05, 3.63) is 0 Å². The van der Waals surface area contributed by atoms with Gasteiger partial charge in [0.05, 0.1) is 36.9 Å². The minimum absolute atomic E-state index is 0.0364. The lowest BCUT2D eigenvalue weighted by Crippen LogP contribution is -2.62. The molecule has 1 aliphatic rings. The highest BCUT2D eigenvalue weighted by atomic mass is 16.5. The fourth-order valence-corrected chi connectivity index (χ4v) is 13.0. The fourth-order valence-electron chi connectivity index (χ4n) is 13.0. The van der Waals surface area contributed by atoms with Crippen LogP contribution in [-0.2, 0) is 67.1 Å². The number of aliphatic hydroxyl groups is 2. The second kappa shape index (κ2) is 39.1. The summed E-state index contributed by atoms with van der Waals surface area (Å²) >= 11 is 0. The molecule has 9 amide bonds. The van der Waals surface area contributed by atoms with E-state index in [1.807, 2.05) is 55.4 Å². The summed E-state index contributed by atoms with van der Waals surface area (Å²) in [6.45, 7) is 31.8. The van der Waals surface area contributed by atoms with E-state index in [1.165, 1.54) is 115 Å². The van der Waals surface area contributed by atoms with Crippen LogP contribution in [0.1, 0.15) is 189 Å². The van der Waals surface area contributed by atoms with Crippen LogP contribution in [-0.4, -0.2) is 249 Å². The van der Waals surface area contributed by atoms with Crippen molar-refractivity contribution in [3.8, 4) is 0 Å². The quantitative estimate of drug-likeness (QED) is 0.106. The lowest BCUT2D eigenvalue weighted by atomic mass is 9.84. The molecule has 1 rings (SSSR count). The zero-order valence-corrected chi connectivity index (χ0v) is 62.5. The number of ketones is 3. The summed E-state index contributed by atoms with van der Waals surface area (Å²) in [6, 6.07) is -9.81. The molecule has 0 saturated carbocycles. The smallest absolute Gasteiger partial charge is 0.294 e. The summed E-state index contributed by atoms with van der Waals surface area (Å²) in [5, 5.41) is 27.0. The molecule has 0 aliphatic carbocycles. The van der Waals surface area contributed by atoms with Crippen LogP contribution in [0.15, 0.2) is 0 Å². The van der Waals surface area contributed by atoms with Crippen LogP contribution in [0.4, 0.5) is 0 Å². The summed E-state index contributed by atoms with van der Waals surface area (Å²) in [7, 11) is 9.86. The van der Waals surface area contributed by atoms with E-state index < -0.39 is 186 Å². The van der Waals surface area contributed by atoms with Crippen LogP contribution in [0.5, 0.6) is 0 Å². The number of aliphatic hydroxyl groups excluding tert-OH is 2. The predicted molar refractivity (Wildman–Crippen MR) is 362 cm³/mol. The van der Waals surface area contributed by atoms with Crippen LogP contribution in [0.25, 0.3) is 0 Å². The molecule has 3 unspecified atom stereocenters. The van der Waals surface area contributed by atoms with Gasteiger partial charge in [0.15, 0.2) is 23.6 Å². The summed E-state index contributed by atoms with van der Waals surface area (Å²) < 4.78 is 5.04. The molecule has 1 heterocycles. The highest BCUT2D eigenvalue weighted by Crippen LogP contribution is 2.30. The lowest BCUT2D eigenvalue weighted by Gasteiger charge is -2.42. The van der Waals surface area contributed by atoms with Gasteiger partial charge in [0.2, 0.25) is 53.2 Å². The molecule has 3 N–H and O–H groups in total. The van der Waals surface area contributed by atoms with E-state index in [2.05, 4.69) is 5.32 Å². The molecule has 1 fully saturated rings. The van der Waals surface area contributed by atoms with Gasteiger partial charge in [0.1, 0.15) is 30.2 Å². The van der Waals surface area contributed by atoms with E-state index in [1.54, 1.807) is 34.6 Å². The Morgan fingerprint density at radius 1 is 0.547 bits per heavy atom. The van der Waals surface area contributed by atoms with Crippen molar-refractivity contribution < 1.29 is 77.3 Å². The van der Waals surface area contributed by atoms with Gasteiger partial charge in [0.25, 0.3) is 6.47 Å². The zero-order valence-electron chi connectivity index (χ0n) is 62.5. The van der Waals surface area contributed by atoms with E-state index in [0.29, 0.717) is 0 Å². The largest absolute Gasteiger partial charge is 0.444 e. The SMILES string of the molecule is CC[C@@H]1CC(=O)[C@H]([C@H](O)[C@H](C)CC(O)C(C)N(C(C)=O)C(C)OC=O)N(C)C(=O)[C@H](C(C)C)N(C)C(=O)[C@H](CC(C)C)N(C)C(=O)[C@H](CC(C)C)N(C)C(=O)[C@@H](C)NC(=O)[C@H](C)CC(=O)[C@H](CC(C)C)N(C)C(=O)[C@H](C(C)C)CC(=O)[C@H](CC(C)C)N(C)C(=O)CN(C)C1=O. The maximum atomic E-state index is 15.5. The van der Waals surface area contributed by atoms with Gasteiger partial charge in [-0.2, -0.15) is 0 Å². The third-order valence-electron chi connectivity index (χ3n) is 18.9. The monoisotopic (exact) mass is 1350 g/mol. The van der Waals surface area contributed by atoms with Crippen molar-refractivity contribution in [1.29, 1.82) is 0 Å². The Balaban J connectivity index is 4.45. The molecule has 0 aromatic heterocycles. The molecule has 1 aliphatic heterocycles. The first-order chi connectivity index (χ1) is 43.7. The van der Waals surface area contributed by atoms with E-state index in [4.69, 9.17) is 4.74 Å². The molecule has 0 radical (unpaired) electrons. The van der Waals surface area contributed by atoms with Crippen molar-refractivity contribution in [2.24, 2.45) is 59.2 Å². The summed E-state index contributed by atoms with van der Waals surface area (Å²) in [5.74, 6) is -13.2. The molecule has 25 heteroatoms. The van der Waals surface area contributed by atoms with Crippen LogP contribution in [0.2, 0.25) is 0 Å². The number of carbonyl (C=O) groups is 13. The Morgan fingerprint density at radius 3 is 1.42 bits per heavy atom. The average molecular weight is 1350 g/mol. The minimum atomic E-state index is -1.78. The third kappa shape index (κ3) is 24.3. The van der Waals surface area contributed by atoms with Gasteiger partial charge in [0, 0.05) is 93.3 Å². The first-order valence-corrected chi connectivity index (χ1v) is 34.2. The second-order valence-electron chi connectivity index (χ2n) is 29.5. The van der Waals surface area contributed by atoms with Gasteiger partial charge in [-0.15, -0.1) is 0 Å². The third-order valence-corrected chi connectivity index (χ3v) is 18.9. The number of Topliss-reactive ketones (excluding diaryl/α,β-unsaturated/α-hetero) is 3. The number of hydrogen-bond donors (Lipinski definition) is 3. The fraction of sp³-hybridized carbons (Fsp3) is 0.814. The highest BCUT2D eigenvalue weighted by molar-refractivity contribution is 5.99. The van der Waals surface area contributed by atoms with Crippen molar-refractivity contribution in [1.82, 2.24) is 44.5 Å². The van der Waals surface area contributed by atoms with E-state index in [9.17, 15) is 53.4 Å². The predicted octanol–water partition coefficient (Wildman–Crippen LogP) is 5.08. The number of hydrogen-bond acceptors (Lipinski definition) is 16. The zero-order chi connectivity index (χ0) is 73.9. The Morgan fingerprint density at radius 2 is 0.979 bits per heavy atom. The average Bonchev–Trinajstić information content (AvgIpc) is 0.807. The maximum absolute atomic E-state index is 15.5. The summed E-state index contributed by atoms with van der Waals surface area (Å²) in [5.41, 5.74) is 0.